The second-order valence-corrected chi connectivity index (χ2v) is 8.91. The molecule has 1 atom stereocenters. The highest BCUT2D eigenvalue weighted by molar-refractivity contribution is 9.10. The van der Waals surface area contributed by atoms with Crippen molar-refractivity contribution in [2.45, 2.75) is 31.2 Å². The summed E-state index contributed by atoms with van der Waals surface area (Å²) in [7, 11) is 1.61. The third-order valence-electron chi connectivity index (χ3n) is 4.68. The fourth-order valence-electron chi connectivity index (χ4n) is 3.24. The Morgan fingerprint density at radius 1 is 1.15 bits per heavy atom. The van der Waals surface area contributed by atoms with E-state index in [4.69, 9.17) is 14.2 Å². The molecule has 3 rings (SSSR count). The van der Waals surface area contributed by atoms with Crippen molar-refractivity contribution in [2.75, 3.05) is 26.9 Å². The van der Waals surface area contributed by atoms with Crippen LogP contribution in [-0.2, 0) is 0 Å². The van der Waals surface area contributed by atoms with E-state index in [1.165, 1.54) is 11.8 Å². The first kappa shape index (κ1) is 24.8. The molecule has 0 spiro atoms. The number of ether oxygens (including phenoxy) is 3. The van der Waals surface area contributed by atoms with Crippen LogP contribution in [0.5, 0.6) is 17.2 Å². The summed E-state index contributed by atoms with van der Waals surface area (Å²) in [5.74, 6) is 2.51. The number of aromatic nitrogens is 3. The lowest BCUT2D eigenvalue weighted by atomic mass is 10.1. The zero-order chi connectivity index (χ0) is 24.0. The van der Waals surface area contributed by atoms with Crippen molar-refractivity contribution in [3.8, 4) is 22.9 Å². The Bertz CT molecular complexity index is 1110. The van der Waals surface area contributed by atoms with Crippen LogP contribution in [0, 0.1) is 17.0 Å². The Labute approximate surface area is 204 Å². The lowest BCUT2D eigenvalue weighted by Gasteiger charge is -2.18. The summed E-state index contributed by atoms with van der Waals surface area (Å²) in [5.41, 5.74) is 1.56. The zero-order valence-corrected chi connectivity index (χ0v) is 21.2. The molecule has 33 heavy (non-hydrogen) atoms. The Morgan fingerprint density at radius 2 is 1.85 bits per heavy atom. The van der Waals surface area contributed by atoms with E-state index in [0.717, 1.165) is 17.0 Å². The van der Waals surface area contributed by atoms with Crippen LogP contribution in [0.2, 0.25) is 0 Å². The Morgan fingerprint density at radius 3 is 2.45 bits per heavy atom. The maximum atomic E-state index is 11.5. The van der Waals surface area contributed by atoms with E-state index in [-0.39, 0.29) is 11.5 Å². The number of nitrogens with zero attached hydrogens (tertiary/aromatic N) is 4. The molecule has 1 heterocycles. The smallest absolute Gasteiger partial charge is 0.220 e. The van der Waals surface area contributed by atoms with Crippen molar-refractivity contribution in [3.63, 3.8) is 0 Å². The molecule has 0 radical (unpaired) electrons. The van der Waals surface area contributed by atoms with Gasteiger partial charge in [0.25, 0.3) is 0 Å². The lowest BCUT2D eigenvalue weighted by molar-refractivity contribution is -0.479. The van der Waals surface area contributed by atoms with Gasteiger partial charge in [0.15, 0.2) is 16.7 Å². The number of benzene rings is 2. The molecule has 0 N–H and O–H groups in total. The number of methoxy groups -OCH3 is 1. The van der Waals surface area contributed by atoms with E-state index >= 15 is 0 Å². The van der Waals surface area contributed by atoms with Crippen LogP contribution < -0.4 is 14.2 Å². The summed E-state index contributed by atoms with van der Waals surface area (Å²) in [6, 6.07) is 11.1. The van der Waals surface area contributed by atoms with Gasteiger partial charge in [-0.05, 0) is 78.7 Å². The summed E-state index contributed by atoms with van der Waals surface area (Å²) < 4.78 is 19.2. The zero-order valence-electron chi connectivity index (χ0n) is 18.8. The highest BCUT2D eigenvalue weighted by atomic mass is 79.9. The van der Waals surface area contributed by atoms with Crippen LogP contribution in [0.3, 0.4) is 0 Å². The first-order valence-electron chi connectivity index (χ1n) is 10.3. The molecule has 0 aliphatic carbocycles. The second-order valence-electron chi connectivity index (χ2n) is 6.88. The molecule has 0 fully saturated rings. The maximum absolute atomic E-state index is 11.5. The summed E-state index contributed by atoms with van der Waals surface area (Å²) in [5, 5.41) is 20.0. The van der Waals surface area contributed by atoms with Gasteiger partial charge in [0, 0.05) is 10.6 Å². The first-order chi connectivity index (χ1) is 15.9. The minimum absolute atomic E-state index is 0.300. The van der Waals surface area contributed by atoms with E-state index in [1.54, 1.807) is 13.2 Å². The number of hydrogen-bond donors (Lipinski definition) is 0. The molecule has 0 amide bonds. The Kier molecular flexibility index (Phi) is 8.56. The van der Waals surface area contributed by atoms with Gasteiger partial charge in [-0.25, -0.2) is 0 Å². The van der Waals surface area contributed by atoms with Gasteiger partial charge in [-0.15, -0.1) is 10.2 Å². The lowest BCUT2D eigenvalue weighted by Crippen LogP contribution is -2.12. The van der Waals surface area contributed by atoms with E-state index in [2.05, 4.69) is 26.1 Å². The first-order valence-corrected chi connectivity index (χ1v) is 12.0. The monoisotopic (exact) mass is 536 g/mol. The minimum Gasteiger partial charge on any atom is -0.497 e. The van der Waals surface area contributed by atoms with Crippen molar-refractivity contribution in [1.82, 2.24) is 14.8 Å². The van der Waals surface area contributed by atoms with Gasteiger partial charge in [0.05, 0.1) is 24.8 Å². The number of nitro groups is 1. The molecule has 9 nitrogen and oxygen atoms in total. The molecular weight excluding hydrogens is 512 g/mol. The molecule has 0 aliphatic heterocycles. The topological polar surface area (TPSA) is 102 Å². The van der Waals surface area contributed by atoms with E-state index < -0.39 is 5.25 Å². The van der Waals surface area contributed by atoms with Crippen LogP contribution in [0.4, 0.5) is 0 Å². The van der Waals surface area contributed by atoms with Crippen LogP contribution in [0.15, 0.2) is 46.0 Å². The quantitative estimate of drug-likeness (QED) is 0.186. The predicted molar refractivity (Wildman–Crippen MR) is 130 cm³/mol. The molecule has 0 aliphatic rings. The third-order valence-corrected chi connectivity index (χ3v) is 6.45. The van der Waals surface area contributed by atoms with Gasteiger partial charge in [0.2, 0.25) is 6.54 Å². The van der Waals surface area contributed by atoms with Crippen LogP contribution in [0.25, 0.3) is 5.69 Å². The summed E-state index contributed by atoms with van der Waals surface area (Å²) in [6.07, 6.45) is 0. The second kappa shape index (κ2) is 11.4. The normalized spacial score (nSPS) is 11.8. The third kappa shape index (κ3) is 5.97. The molecule has 0 unspecified atom stereocenters. The van der Waals surface area contributed by atoms with Gasteiger partial charge >= 0.3 is 0 Å². The summed E-state index contributed by atoms with van der Waals surface area (Å²) in [6.45, 7) is 6.20. The molecule has 0 saturated heterocycles. The van der Waals surface area contributed by atoms with Gasteiger partial charge < -0.3 is 14.2 Å². The molecule has 1 aromatic heterocycles. The van der Waals surface area contributed by atoms with Crippen LogP contribution in [0.1, 0.15) is 30.5 Å². The highest BCUT2D eigenvalue weighted by Crippen LogP contribution is 2.43. The van der Waals surface area contributed by atoms with E-state index in [0.29, 0.717) is 40.2 Å². The fraction of sp³-hybridized carbons (Fsp3) is 0.364. The average Bonchev–Trinajstić information content (AvgIpc) is 3.15. The van der Waals surface area contributed by atoms with Gasteiger partial charge in [-0.1, -0.05) is 11.8 Å². The Balaban J connectivity index is 2.01. The van der Waals surface area contributed by atoms with Crippen molar-refractivity contribution in [3.05, 3.63) is 62.4 Å². The van der Waals surface area contributed by atoms with Crippen LogP contribution in [-0.4, -0.2) is 46.6 Å². The van der Waals surface area contributed by atoms with E-state index in [9.17, 15) is 10.1 Å². The number of hydrogen-bond acceptors (Lipinski definition) is 8. The van der Waals surface area contributed by atoms with Crippen LogP contribution >= 0.6 is 27.7 Å². The van der Waals surface area contributed by atoms with Gasteiger partial charge in [0.1, 0.15) is 16.8 Å². The van der Waals surface area contributed by atoms with Crippen molar-refractivity contribution < 1.29 is 19.1 Å². The van der Waals surface area contributed by atoms with Crippen molar-refractivity contribution >= 4 is 27.7 Å². The molecule has 0 saturated carbocycles. The van der Waals surface area contributed by atoms with Crippen molar-refractivity contribution in [2.24, 2.45) is 0 Å². The number of thioether (sulfide) groups is 1. The molecule has 11 heteroatoms. The van der Waals surface area contributed by atoms with Gasteiger partial charge in [-0.3, -0.25) is 14.7 Å². The number of halogens is 1. The molecule has 0 bridgehead atoms. The predicted octanol–water partition coefficient (Wildman–Crippen LogP) is 5.25. The number of rotatable bonds is 11. The molecule has 3 aromatic rings. The SMILES string of the molecule is CCOc1cc([C@@H](C[N+](=O)[O-])Sc2nnc(C)n2-c2ccc(OC)cc2)cc(Br)c1OCC. The standard InChI is InChI=1S/C22H25BrN4O5S/c1-5-31-19-12-15(11-18(23)21(19)32-6-2)20(13-26(28)29)33-22-25-24-14(3)27(22)16-7-9-17(30-4)10-8-16/h7-12,20H,5-6,13H2,1-4H3/t20-/m1/s1. The van der Waals surface area contributed by atoms with E-state index in [1.807, 2.05) is 55.7 Å². The number of aryl methyl sites for hydroxylation is 1. The maximum Gasteiger partial charge on any atom is 0.220 e. The van der Waals surface area contributed by atoms with Crippen molar-refractivity contribution in [1.29, 1.82) is 0 Å². The summed E-state index contributed by atoms with van der Waals surface area (Å²) in [4.78, 5) is 11.2. The molecular formula is C22H25BrN4O5S. The Hall–Kier alpha value is -2.79. The minimum atomic E-state index is -0.535. The molecule has 2 aromatic carbocycles. The highest BCUT2D eigenvalue weighted by Gasteiger charge is 2.26. The largest absolute Gasteiger partial charge is 0.497 e. The fourth-order valence-corrected chi connectivity index (χ4v) is 4.97. The summed E-state index contributed by atoms with van der Waals surface area (Å²) >= 11 is 4.81. The molecule has 176 valence electrons. The average molecular weight is 537 g/mol. The van der Waals surface area contributed by atoms with Gasteiger partial charge in [-0.2, -0.15) is 0 Å².